The number of anilines is 1. The van der Waals surface area contributed by atoms with Gasteiger partial charge in [-0.1, -0.05) is 30.3 Å². The lowest BCUT2D eigenvalue weighted by Crippen LogP contribution is -2.27. The summed E-state index contributed by atoms with van der Waals surface area (Å²) in [5.41, 5.74) is 2.26. The van der Waals surface area contributed by atoms with Gasteiger partial charge in [0.15, 0.2) is 0 Å². The Hall–Kier alpha value is -3.30. The van der Waals surface area contributed by atoms with Gasteiger partial charge in [-0.25, -0.2) is 9.78 Å². The molecule has 0 radical (unpaired) electrons. The Labute approximate surface area is 192 Å². The molecule has 32 heavy (non-hydrogen) atoms. The Morgan fingerprint density at radius 2 is 1.91 bits per heavy atom. The van der Waals surface area contributed by atoms with Gasteiger partial charge < -0.3 is 10.1 Å². The Kier molecular flexibility index (Phi) is 6.20. The fraction of sp³-hybridized carbons (Fsp3) is 0.217. The number of aromatic nitrogens is 2. The Balaban J connectivity index is 1.61. The molecule has 0 spiro atoms. The van der Waals surface area contributed by atoms with Crippen LogP contribution in [0.5, 0.6) is 0 Å². The highest BCUT2D eigenvalue weighted by molar-refractivity contribution is 7.19. The third-order valence-electron chi connectivity index (χ3n) is 4.87. The minimum Gasteiger partial charge on any atom is -0.462 e. The van der Waals surface area contributed by atoms with Crippen molar-refractivity contribution in [1.29, 1.82) is 0 Å². The van der Waals surface area contributed by atoms with Crippen LogP contribution >= 0.6 is 22.7 Å². The van der Waals surface area contributed by atoms with E-state index in [1.807, 2.05) is 37.3 Å². The third-order valence-corrected chi connectivity index (χ3v) is 7.02. The third kappa shape index (κ3) is 4.21. The molecule has 0 saturated carbocycles. The predicted octanol–water partition coefficient (Wildman–Crippen LogP) is 4.62. The van der Waals surface area contributed by atoms with Crippen LogP contribution in [-0.2, 0) is 16.1 Å². The molecule has 0 saturated heterocycles. The SMILES string of the molecule is CCOC(=O)c1sc(NC(=O)Cn2cnc3sc(C)c(-c4ccccc4)c3c2=O)cc1C. The lowest BCUT2D eigenvalue weighted by molar-refractivity contribution is -0.116. The molecular weight excluding hydrogens is 446 g/mol. The molecule has 1 aromatic carbocycles. The highest BCUT2D eigenvalue weighted by Gasteiger charge is 2.19. The van der Waals surface area contributed by atoms with Crippen LogP contribution < -0.4 is 10.9 Å². The molecule has 4 aromatic rings. The molecule has 0 atom stereocenters. The first-order chi connectivity index (χ1) is 15.4. The number of nitrogens with zero attached hydrogens (tertiary/aromatic N) is 2. The molecule has 9 heteroatoms. The molecule has 164 valence electrons. The lowest BCUT2D eigenvalue weighted by atomic mass is 10.0. The van der Waals surface area contributed by atoms with Gasteiger partial charge in [0.25, 0.3) is 5.56 Å². The average molecular weight is 468 g/mol. The van der Waals surface area contributed by atoms with Crippen molar-refractivity contribution in [1.82, 2.24) is 9.55 Å². The average Bonchev–Trinajstić information content (AvgIpc) is 3.30. The van der Waals surface area contributed by atoms with Crippen molar-refractivity contribution in [2.75, 3.05) is 11.9 Å². The van der Waals surface area contributed by atoms with E-state index in [9.17, 15) is 14.4 Å². The van der Waals surface area contributed by atoms with E-state index in [2.05, 4.69) is 10.3 Å². The molecule has 3 heterocycles. The number of carbonyl (C=O) groups excluding carboxylic acids is 2. The number of amides is 1. The molecular formula is C23H21N3O4S2. The monoisotopic (exact) mass is 467 g/mol. The second kappa shape index (κ2) is 9.05. The van der Waals surface area contributed by atoms with Crippen LogP contribution in [0.1, 0.15) is 27.0 Å². The Morgan fingerprint density at radius 3 is 2.62 bits per heavy atom. The summed E-state index contributed by atoms with van der Waals surface area (Å²) in [4.78, 5) is 44.4. The first-order valence-electron chi connectivity index (χ1n) is 10.0. The van der Waals surface area contributed by atoms with Gasteiger partial charge in [-0.05, 0) is 38.0 Å². The number of aryl methyl sites for hydroxylation is 2. The first-order valence-corrected chi connectivity index (χ1v) is 11.6. The molecule has 3 aromatic heterocycles. The van der Waals surface area contributed by atoms with Crippen LogP contribution in [0.25, 0.3) is 21.3 Å². The first kappa shape index (κ1) is 21.9. The topological polar surface area (TPSA) is 90.3 Å². The molecule has 4 rings (SSSR count). The van der Waals surface area contributed by atoms with Crippen LogP contribution in [0.3, 0.4) is 0 Å². The van der Waals surface area contributed by atoms with E-state index >= 15 is 0 Å². The van der Waals surface area contributed by atoms with Crippen molar-refractivity contribution in [3.05, 3.63) is 68.4 Å². The largest absolute Gasteiger partial charge is 0.462 e. The number of hydrogen-bond acceptors (Lipinski definition) is 7. The number of thiophene rings is 2. The minimum absolute atomic E-state index is 0.184. The van der Waals surface area contributed by atoms with Gasteiger partial charge in [-0.15, -0.1) is 22.7 Å². The molecule has 0 unspecified atom stereocenters. The summed E-state index contributed by atoms with van der Waals surface area (Å²) in [6, 6.07) is 11.4. The maximum absolute atomic E-state index is 13.2. The number of fused-ring (bicyclic) bond motifs is 1. The van der Waals surface area contributed by atoms with Crippen LogP contribution in [0.15, 0.2) is 47.5 Å². The molecule has 7 nitrogen and oxygen atoms in total. The van der Waals surface area contributed by atoms with E-state index in [0.29, 0.717) is 20.1 Å². The van der Waals surface area contributed by atoms with Gasteiger partial charge >= 0.3 is 5.97 Å². The van der Waals surface area contributed by atoms with E-state index < -0.39 is 5.97 Å². The second-order valence-electron chi connectivity index (χ2n) is 7.15. The zero-order chi connectivity index (χ0) is 22.8. The highest BCUT2D eigenvalue weighted by atomic mass is 32.1. The zero-order valence-corrected chi connectivity index (χ0v) is 19.4. The number of esters is 1. The van der Waals surface area contributed by atoms with Crippen molar-refractivity contribution < 1.29 is 14.3 Å². The molecule has 0 aliphatic carbocycles. The van der Waals surface area contributed by atoms with Crippen molar-refractivity contribution in [3.63, 3.8) is 0 Å². The summed E-state index contributed by atoms with van der Waals surface area (Å²) in [6.07, 6.45) is 1.40. The lowest BCUT2D eigenvalue weighted by Gasteiger charge is -2.07. The van der Waals surface area contributed by atoms with E-state index in [-0.39, 0.29) is 24.6 Å². The van der Waals surface area contributed by atoms with Crippen LogP contribution in [0.4, 0.5) is 5.00 Å². The standard InChI is InChI=1S/C23H21N3O4S2/c1-4-30-23(29)20-13(2)10-17(32-20)25-16(27)11-26-12-24-21-19(22(26)28)18(14(3)31-21)15-8-6-5-7-9-15/h5-10,12H,4,11H2,1-3H3,(H,25,27). The maximum atomic E-state index is 13.2. The molecule has 0 aliphatic rings. The number of benzene rings is 1. The Morgan fingerprint density at radius 1 is 1.16 bits per heavy atom. The van der Waals surface area contributed by atoms with E-state index in [4.69, 9.17) is 4.74 Å². The molecule has 1 N–H and O–H groups in total. The molecule has 0 fully saturated rings. The summed E-state index contributed by atoms with van der Waals surface area (Å²) in [5, 5.41) is 3.80. The van der Waals surface area contributed by atoms with Gasteiger partial charge in [-0.3, -0.25) is 14.2 Å². The Bertz CT molecular complexity index is 1370. The zero-order valence-electron chi connectivity index (χ0n) is 17.8. The summed E-state index contributed by atoms with van der Waals surface area (Å²) < 4.78 is 6.34. The summed E-state index contributed by atoms with van der Waals surface area (Å²) in [5.74, 6) is -0.791. The number of hydrogen-bond donors (Lipinski definition) is 1. The number of rotatable bonds is 6. The smallest absolute Gasteiger partial charge is 0.348 e. The van der Waals surface area contributed by atoms with E-state index in [0.717, 1.165) is 32.9 Å². The number of ether oxygens (including phenoxy) is 1. The quantitative estimate of drug-likeness (QED) is 0.418. The number of nitrogens with one attached hydrogen (secondary N) is 1. The molecule has 1 amide bonds. The summed E-state index contributed by atoms with van der Waals surface area (Å²) in [6.45, 7) is 5.58. The van der Waals surface area contributed by atoms with E-state index in [1.165, 1.54) is 22.2 Å². The minimum atomic E-state index is -0.414. The summed E-state index contributed by atoms with van der Waals surface area (Å²) in [7, 11) is 0. The predicted molar refractivity (Wildman–Crippen MR) is 128 cm³/mol. The van der Waals surface area contributed by atoms with Crippen molar-refractivity contribution in [2.24, 2.45) is 0 Å². The van der Waals surface area contributed by atoms with Crippen LogP contribution in [0, 0.1) is 13.8 Å². The van der Waals surface area contributed by atoms with Gasteiger partial charge in [0, 0.05) is 10.4 Å². The maximum Gasteiger partial charge on any atom is 0.348 e. The van der Waals surface area contributed by atoms with E-state index in [1.54, 1.807) is 19.9 Å². The van der Waals surface area contributed by atoms with Crippen LogP contribution in [0.2, 0.25) is 0 Å². The normalized spacial score (nSPS) is 11.0. The van der Waals surface area contributed by atoms with Gasteiger partial charge in [0.05, 0.1) is 23.3 Å². The van der Waals surface area contributed by atoms with Crippen molar-refractivity contribution >= 4 is 49.8 Å². The fourth-order valence-electron chi connectivity index (χ4n) is 3.48. The fourth-order valence-corrected chi connectivity index (χ4v) is 5.46. The summed E-state index contributed by atoms with van der Waals surface area (Å²) >= 11 is 2.61. The van der Waals surface area contributed by atoms with Crippen molar-refractivity contribution in [3.8, 4) is 11.1 Å². The highest BCUT2D eigenvalue weighted by Crippen LogP contribution is 2.35. The molecule has 0 bridgehead atoms. The van der Waals surface area contributed by atoms with Gasteiger partial charge in [0.2, 0.25) is 5.91 Å². The number of carbonyl (C=O) groups is 2. The second-order valence-corrected chi connectivity index (χ2v) is 9.40. The van der Waals surface area contributed by atoms with Crippen LogP contribution in [-0.4, -0.2) is 28.0 Å². The van der Waals surface area contributed by atoms with Crippen molar-refractivity contribution in [2.45, 2.75) is 27.3 Å². The molecule has 0 aliphatic heterocycles. The van der Waals surface area contributed by atoms with Gasteiger partial charge in [-0.2, -0.15) is 0 Å². The van der Waals surface area contributed by atoms with Gasteiger partial charge in [0.1, 0.15) is 16.3 Å².